The van der Waals surface area contributed by atoms with Gasteiger partial charge < -0.3 is 4.90 Å². The smallest absolute Gasteiger partial charge is 0.131 e. The van der Waals surface area contributed by atoms with Crippen molar-refractivity contribution in [2.45, 2.75) is 19.9 Å². The molecule has 0 atom stereocenters. The van der Waals surface area contributed by atoms with Crippen LogP contribution in [-0.2, 0) is 13.0 Å². The molecule has 0 radical (unpaired) electrons. The van der Waals surface area contributed by atoms with Crippen molar-refractivity contribution in [3.8, 4) is 11.1 Å². The lowest BCUT2D eigenvalue weighted by molar-refractivity contribution is 0.579. The summed E-state index contributed by atoms with van der Waals surface area (Å²) in [5.41, 5.74) is 4.77. The van der Waals surface area contributed by atoms with E-state index in [1.165, 1.54) is 0 Å². The predicted molar refractivity (Wildman–Crippen MR) is 93.4 cm³/mol. The van der Waals surface area contributed by atoms with Gasteiger partial charge in [0, 0.05) is 42.8 Å². The lowest BCUT2D eigenvalue weighted by Gasteiger charge is -2.30. The van der Waals surface area contributed by atoms with E-state index < -0.39 is 0 Å². The minimum Gasteiger partial charge on any atom is -0.352 e. The molecule has 1 aliphatic heterocycles. The number of pyridine rings is 2. The molecule has 0 fully saturated rings. The lowest BCUT2D eigenvalue weighted by atomic mass is 9.97. The van der Waals surface area contributed by atoms with Crippen LogP contribution in [0.2, 0.25) is 0 Å². The summed E-state index contributed by atoms with van der Waals surface area (Å²) in [5.74, 6) is 0.810. The van der Waals surface area contributed by atoms with E-state index in [9.17, 15) is 4.39 Å². The van der Waals surface area contributed by atoms with E-state index in [1.54, 1.807) is 12.4 Å². The summed E-state index contributed by atoms with van der Waals surface area (Å²) in [6.45, 7) is 3.25. The number of aromatic nitrogens is 2. The van der Waals surface area contributed by atoms with Gasteiger partial charge in [-0.25, -0.2) is 9.37 Å². The molecule has 0 saturated heterocycles. The highest BCUT2D eigenvalue weighted by Crippen LogP contribution is 2.27. The van der Waals surface area contributed by atoms with Gasteiger partial charge >= 0.3 is 0 Å². The van der Waals surface area contributed by atoms with Crippen molar-refractivity contribution in [3.05, 3.63) is 77.5 Å². The number of benzene rings is 1. The maximum atomic E-state index is 14.4. The summed E-state index contributed by atoms with van der Waals surface area (Å²) in [7, 11) is 0. The van der Waals surface area contributed by atoms with Crippen molar-refractivity contribution in [1.82, 2.24) is 9.97 Å². The average Bonchev–Trinajstić information content (AvgIpc) is 2.65. The van der Waals surface area contributed by atoms with Crippen molar-refractivity contribution in [2.24, 2.45) is 0 Å². The number of hydrogen-bond donors (Lipinski definition) is 0. The van der Waals surface area contributed by atoms with E-state index in [4.69, 9.17) is 0 Å². The Balaban J connectivity index is 1.60. The third-order valence-corrected chi connectivity index (χ3v) is 4.62. The number of fused-ring (bicyclic) bond motifs is 1. The van der Waals surface area contributed by atoms with Crippen LogP contribution in [0.15, 0.2) is 55.0 Å². The summed E-state index contributed by atoms with van der Waals surface area (Å²) in [5, 5.41) is 0. The van der Waals surface area contributed by atoms with Crippen molar-refractivity contribution in [3.63, 3.8) is 0 Å². The van der Waals surface area contributed by atoms with Gasteiger partial charge in [0.2, 0.25) is 0 Å². The van der Waals surface area contributed by atoms with Crippen LogP contribution in [0.3, 0.4) is 0 Å². The number of nitrogens with zero attached hydrogens (tertiary/aromatic N) is 3. The quantitative estimate of drug-likeness (QED) is 0.710. The van der Waals surface area contributed by atoms with Crippen molar-refractivity contribution >= 4 is 5.82 Å². The van der Waals surface area contributed by atoms with Gasteiger partial charge in [-0.3, -0.25) is 4.98 Å². The molecule has 1 aromatic carbocycles. The van der Waals surface area contributed by atoms with Gasteiger partial charge in [-0.1, -0.05) is 12.1 Å². The first-order chi connectivity index (χ1) is 11.7. The Morgan fingerprint density at radius 1 is 1.00 bits per heavy atom. The van der Waals surface area contributed by atoms with Gasteiger partial charge in [0.05, 0.1) is 0 Å². The van der Waals surface area contributed by atoms with Crippen LogP contribution < -0.4 is 4.90 Å². The Bertz CT molecular complexity index is 860. The van der Waals surface area contributed by atoms with Crippen molar-refractivity contribution in [2.75, 3.05) is 11.4 Å². The minimum absolute atomic E-state index is 0.0781. The Kier molecular flexibility index (Phi) is 3.73. The van der Waals surface area contributed by atoms with Gasteiger partial charge in [0.15, 0.2) is 0 Å². The van der Waals surface area contributed by atoms with Crippen LogP contribution in [0.4, 0.5) is 10.2 Å². The summed E-state index contributed by atoms with van der Waals surface area (Å²) >= 11 is 0. The molecule has 1 aliphatic rings. The third kappa shape index (κ3) is 2.64. The maximum absolute atomic E-state index is 14.4. The normalized spacial score (nSPS) is 13.7. The molecule has 3 heterocycles. The van der Waals surface area contributed by atoms with Crippen LogP contribution in [0, 0.1) is 12.7 Å². The van der Waals surface area contributed by atoms with Crippen LogP contribution in [0.1, 0.15) is 16.7 Å². The zero-order valence-corrected chi connectivity index (χ0v) is 13.5. The molecule has 3 aromatic rings. The first-order valence-corrected chi connectivity index (χ1v) is 8.10. The monoisotopic (exact) mass is 319 g/mol. The molecule has 24 heavy (non-hydrogen) atoms. The molecule has 3 nitrogen and oxygen atoms in total. The standard InChI is InChI=1S/C20H18FN3/c1-14-2-3-16-8-11-24(13-18(16)20(14)21)19-5-4-17(12-23-19)15-6-9-22-10-7-15/h2-7,9-10,12H,8,11,13H2,1H3. The second kappa shape index (κ2) is 6.04. The van der Waals surface area contributed by atoms with E-state index in [0.29, 0.717) is 12.1 Å². The van der Waals surface area contributed by atoms with Crippen molar-refractivity contribution in [1.29, 1.82) is 0 Å². The summed E-state index contributed by atoms with van der Waals surface area (Å²) in [4.78, 5) is 10.8. The molecular weight excluding hydrogens is 301 g/mol. The maximum Gasteiger partial charge on any atom is 0.131 e. The fraction of sp³-hybridized carbons (Fsp3) is 0.200. The largest absolute Gasteiger partial charge is 0.352 e. The molecule has 4 rings (SSSR count). The van der Waals surface area contributed by atoms with E-state index in [1.807, 2.05) is 43.5 Å². The van der Waals surface area contributed by atoms with Crippen LogP contribution >= 0.6 is 0 Å². The first-order valence-electron chi connectivity index (χ1n) is 8.10. The van der Waals surface area contributed by atoms with E-state index >= 15 is 0 Å². The Labute approximate surface area is 140 Å². The Morgan fingerprint density at radius 3 is 2.58 bits per heavy atom. The molecular formula is C20H18FN3. The molecule has 2 aromatic heterocycles. The summed E-state index contributed by atoms with van der Waals surface area (Å²) in [6.07, 6.45) is 6.26. The highest BCUT2D eigenvalue weighted by atomic mass is 19.1. The first kappa shape index (κ1) is 14.8. The van der Waals surface area contributed by atoms with Gasteiger partial charge in [-0.05, 0) is 54.3 Å². The number of hydrogen-bond acceptors (Lipinski definition) is 3. The molecule has 120 valence electrons. The summed E-state index contributed by atoms with van der Waals surface area (Å²) < 4.78 is 14.4. The number of rotatable bonds is 2. The SMILES string of the molecule is Cc1ccc2c(c1F)CN(c1ccc(-c3ccncc3)cn1)CC2. The number of aryl methyl sites for hydroxylation is 1. The third-order valence-electron chi connectivity index (χ3n) is 4.62. The predicted octanol–water partition coefficient (Wildman–Crippen LogP) is 4.15. The Hall–Kier alpha value is -2.75. The highest BCUT2D eigenvalue weighted by molar-refractivity contribution is 5.63. The van der Waals surface area contributed by atoms with Gasteiger partial charge in [0.1, 0.15) is 11.6 Å². The number of anilines is 1. The van der Waals surface area contributed by atoms with E-state index in [-0.39, 0.29) is 5.82 Å². The fourth-order valence-electron chi connectivity index (χ4n) is 3.19. The lowest BCUT2D eigenvalue weighted by Crippen LogP contribution is -2.31. The van der Waals surface area contributed by atoms with Crippen LogP contribution in [-0.4, -0.2) is 16.5 Å². The zero-order valence-electron chi connectivity index (χ0n) is 13.5. The molecule has 0 N–H and O–H groups in total. The summed E-state index contributed by atoms with van der Waals surface area (Å²) in [6, 6.07) is 11.9. The zero-order chi connectivity index (χ0) is 16.5. The molecule has 0 unspecified atom stereocenters. The van der Waals surface area contributed by atoms with E-state index in [0.717, 1.165) is 41.0 Å². The molecule has 4 heteroatoms. The molecule has 0 saturated carbocycles. The topological polar surface area (TPSA) is 29.0 Å². The van der Waals surface area contributed by atoms with E-state index in [2.05, 4.69) is 20.9 Å². The van der Waals surface area contributed by atoms with Gasteiger partial charge in [0.25, 0.3) is 0 Å². The second-order valence-corrected chi connectivity index (χ2v) is 6.15. The average molecular weight is 319 g/mol. The molecule has 0 amide bonds. The van der Waals surface area contributed by atoms with Crippen molar-refractivity contribution < 1.29 is 4.39 Å². The van der Waals surface area contributed by atoms with Gasteiger partial charge in [-0.2, -0.15) is 0 Å². The minimum atomic E-state index is -0.0781. The number of halogens is 1. The molecule has 0 aliphatic carbocycles. The highest BCUT2D eigenvalue weighted by Gasteiger charge is 2.21. The fourth-order valence-corrected chi connectivity index (χ4v) is 3.19. The van der Waals surface area contributed by atoms with Crippen LogP contribution in [0.25, 0.3) is 11.1 Å². The van der Waals surface area contributed by atoms with Crippen LogP contribution in [0.5, 0.6) is 0 Å². The second-order valence-electron chi connectivity index (χ2n) is 6.15. The van der Waals surface area contributed by atoms with Gasteiger partial charge in [-0.15, -0.1) is 0 Å². The molecule has 0 bridgehead atoms. The molecule has 0 spiro atoms. The Morgan fingerprint density at radius 2 is 1.83 bits per heavy atom.